The lowest BCUT2D eigenvalue weighted by molar-refractivity contribution is -0.142. The number of amides is 5. The number of benzene rings is 1. The molecule has 6 atom stereocenters. The van der Waals surface area contributed by atoms with Crippen LogP contribution < -0.4 is 38.1 Å². The van der Waals surface area contributed by atoms with Crippen molar-refractivity contribution < 1.29 is 53.7 Å². The fraction of sp³-hybridized carbons (Fsp3) is 0.543. The molecule has 13 N–H and O–H groups in total. The molecule has 0 aliphatic rings. The van der Waals surface area contributed by atoms with Gasteiger partial charge < -0.3 is 58.4 Å². The van der Waals surface area contributed by atoms with Gasteiger partial charge in [-0.15, -0.1) is 0 Å². The predicted octanol–water partition coefficient (Wildman–Crippen LogP) is -0.919. The molecule has 298 valence electrons. The molecular weight excluding hydrogens is 708 g/mol. The van der Waals surface area contributed by atoms with E-state index in [0.717, 1.165) is 10.9 Å². The number of rotatable bonds is 24. The molecule has 2 rings (SSSR count). The number of hydrogen-bond acceptors (Lipinski definition) is 10. The third-order valence-electron chi connectivity index (χ3n) is 8.40. The Morgan fingerprint density at radius 3 is 1.89 bits per heavy atom. The van der Waals surface area contributed by atoms with Crippen molar-refractivity contribution in [2.24, 2.45) is 17.4 Å². The minimum atomic E-state index is -1.73. The van der Waals surface area contributed by atoms with Crippen molar-refractivity contribution in [3.05, 3.63) is 36.0 Å². The zero-order chi connectivity index (χ0) is 40.5. The van der Waals surface area contributed by atoms with E-state index in [9.17, 15) is 48.6 Å². The van der Waals surface area contributed by atoms with Crippen molar-refractivity contribution in [3.8, 4) is 0 Å². The van der Waals surface area contributed by atoms with Crippen molar-refractivity contribution in [3.63, 3.8) is 0 Å². The lowest BCUT2D eigenvalue weighted by atomic mass is 10.0. The Bertz CT molecular complexity index is 1650. The fourth-order valence-electron chi connectivity index (χ4n) is 5.46. The predicted molar refractivity (Wildman–Crippen MR) is 194 cm³/mol. The highest BCUT2D eigenvalue weighted by molar-refractivity contribution is 5.97. The van der Waals surface area contributed by atoms with Crippen LogP contribution in [0.2, 0.25) is 0 Å². The van der Waals surface area contributed by atoms with E-state index < -0.39 is 96.5 Å². The third kappa shape index (κ3) is 14.8. The Morgan fingerprint density at radius 1 is 0.704 bits per heavy atom. The summed E-state index contributed by atoms with van der Waals surface area (Å²) in [7, 11) is 0. The van der Waals surface area contributed by atoms with Gasteiger partial charge in [-0.2, -0.15) is 0 Å². The lowest BCUT2D eigenvalue weighted by Crippen LogP contribution is -2.59. The van der Waals surface area contributed by atoms with E-state index in [2.05, 4.69) is 31.6 Å². The number of carbonyl (C=O) groups is 8. The summed E-state index contributed by atoms with van der Waals surface area (Å²) in [5, 5.41) is 40.9. The molecule has 5 amide bonds. The number of carbonyl (C=O) groups excluding carboxylic acids is 5. The van der Waals surface area contributed by atoms with Crippen molar-refractivity contribution >= 4 is 58.3 Å². The third-order valence-corrected chi connectivity index (χ3v) is 8.40. The maximum Gasteiger partial charge on any atom is 0.325 e. The fourth-order valence-corrected chi connectivity index (χ4v) is 5.46. The maximum atomic E-state index is 13.8. The topological polar surface area (TPSA) is 325 Å². The van der Waals surface area contributed by atoms with Gasteiger partial charge in [0.15, 0.2) is 0 Å². The van der Waals surface area contributed by atoms with Crippen LogP contribution in [0.15, 0.2) is 30.5 Å². The molecule has 0 saturated carbocycles. The SMILES string of the molecule is CC(C)C[C@H](NC(=O)[C@@H](N)CCC(=O)O)C(=O)N[C@@H](CC(=O)O)C(=O)N[C@@H](CCCCN)C(=O)N[C@@H](Cc1c[nH]c2ccccc12)C(=O)N[C@@H](C)C(=O)O. The summed E-state index contributed by atoms with van der Waals surface area (Å²) in [5.74, 6) is -8.58. The lowest BCUT2D eigenvalue weighted by Gasteiger charge is -2.27. The van der Waals surface area contributed by atoms with E-state index in [1.165, 1.54) is 6.92 Å². The summed E-state index contributed by atoms with van der Waals surface area (Å²) in [4.78, 5) is 104. The molecule has 0 fully saturated rings. The van der Waals surface area contributed by atoms with E-state index in [1.807, 2.05) is 6.07 Å². The molecule has 0 aliphatic heterocycles. The minimum absolute atomic E-state index is 0.00424. The van der Waals surface area contributed by atoms with Crippen LogP contribution >= 0.6 is 0 Å². The Morgan fingerprint density at radius 2 is 1.28 bits per heavy atom. The number of para-hydroxylation sites is 1. The number of H-pyrrole nitrogens is 1. The van der Waals surface area contributed by atoms with Crippen LogP contribution in [0.25, 0.3) is 10.9 Å². The number of aromatic amines is 1. The largest absolute Gasteiger partial charge is 0.481 e. The van der Waals surface area contributed by atoms with E-state index in [4.69, 9.17) is 16.6 Å². The molecule has 1 heterocycles. The molecule has 0 spiro atoms. The molecular formula is C35H52N8O11. The highest BCUT2D eigenvalue weighted by Crippen LogP contribution is 2.19. The van der Waals surface area contributed by atoms with Gasteiger partial charge >= 0.3 is 17.9 Å². The number of hydrogen-bond donors (Lipinski definition) is 11. The number of nitrogens with two attached hydrogens (primary N) is 2. The molecule has 54 heavy (non-hydrogen) atoms. The summed E-state index contributed by atoms with van der Waals surface area (Å²) in [5.41, 5.74) is 12.8. The standard InChI is InChI=1S/C35H52N8O11/c1-18(2)14-25(41-30(48)22(37)11-12-28(44)45)33(51)43-27(16-29(46)47)34(52)40-24(10-6-7-13-36)31(49)42-26(32(50)39-19(3)35(53)54)15-20-17-38-23-9-5-4-8-21(20)23/h4-5,8-9,17-19,22,24-27,38H,6-7,10-16,36-37H2,1-3H3,(H,39,50)(H,40,52)(H,41,48)(H,42,49)(H,43,51)(H,44,45)(H,46,47)(H,53,54)/t19-,22-,24-,25-,26-,27-/m0/s1. The van der Waals surface area contributed by atoms with Gasteiger partial charge in [-0.05, 0) is 63.1 Å². The molecule has 19 nitrogen and oxygen atoms in total. The average molecular weight is 761 g/mol. The van der Waals surface area contributed by atoms with E-state index in [-0.39, 0.29) is 38.1 Å². The van der Waals surface area contributed by atoms with Crippen LogP contribution in [-0.4, -0.2) is 111 Å². The molecule has 0 bridgehead atoms. The molecule has 0 aliphatic carbocycles. The van der Waals surface area contributed by atoms with Crippen molar-refractivity contribution in [2.75, 3.05) is 6.54 Å². The van der Waals surface area contributed by atoms with Gasteiger partial charge in [0.2, 0.25) is 29.5 Å². The van der Waals surface area contributed by atoms with Crippen LogP contribution in [-0.2, 0) is 44.8 Å². The number of nitrogens with one attached hydrogen (secondary N) is 6. The molecule has 0 radical (unpaired) electrons. The summed E-state index contributed by atoms with van der Waals surface area (Å²) >= 11 is 0. The van der Waals surface area contributed by atoms with E-state index in [1.54, 1.807) is 38.2 Å². The smallest absolute Gasteiger partial charge is 0.325 e. The van der Waals surface area contributed by atoms with Crippen molar-refractivity contribution in [1.82, 2.24) is 31.6 Å². The van der Waals surface area contributed by atoms with Crippen molar-refractivity contribution in [1.29, 1.82) is 0 Å². The Balaban J connectivity index is 2.34. The number of fused-ring (bicyclic) bond motifs is 1. The first-order valence-corrected chi connectivity index (χ1v) is 17.6. The molecule has 1 aromatic heterocycles. The molecule has 0 unspecified atom stereocenters. The molecule has 0 saturated heterocycles. The Labute approximate surface area is 311 Å². The van der Waals surface area contributed by atoms with Crippen molar-refractivity contribution in [2.45, 2.75) is 108 Å². The summed E-state index contributed by atoms with van der Waals surface area (Å²) in [6, 6.07) is -1.04. The van der Waals surface area contributed by atoms with Crippen LogP contribution in [0.1, 0.15) is 71.3 Å². The van der Waals surface area contributed by atoms with Gasteiger partial charge in [-0.1, -0.05) is 32.0 Å². The van der Waals surface area contributed by atoms with Gasteiger partial charge in [0.25, 0.3) is 0 Å². The second-order valence-electron chi connectivity index (χ2n) is 13.4. The molecule has 19 heteroatoms. The van der Waals surface area contributed by atoms with Gasteiger partial charge in [-0.25, -0.2) is 0 Å². The van der Waals surface area contributed by atoms with Crippen LogP contribution in [0, 0.1) is 5.92 Å². The average Bonchev–Trinajstić information content (AvgIpc) is 3.51. The summed E-state index contributed by atoms with van der Waals surface area (Å²) in [6.45, 7) is 5.00. The summed E-state index contributed by atoms with van der Waals surface area (Å²) < 4.78 is 0. The first kappa shape index (κ1) is 44.6. The van der Waals surface area contributed by atoms with Gasteiger partial charge in [0, 0.05) is 29.9 Å². The maximum absolute atomic E-state index is 13.8. The van der Waals surface area contributed by atoms with Crippen LogP contribution in [0.4, 0.5) is 0 Å². The molecule has 2 aromatic rings. The zero-order valence-electron chi connectivity index (χ0n) is 30.6. The van der Waals surface area contributed by atoms with Gasteiger partial charge in [0.1, 0.15) is 30.2 Å². The van der Waals surface area contributed by atoms with Crippen LogP contribution in [0.3, 0.4) is 0 Å². The highest BCUT2D eigenvalue weighted by atomic mass is 16.4. The summed E-state index contributed by atoms with van der Waals surface area (Å²) in [6.07, 6.45) is 0.872. The Kier molecular flexibility index (Phi) is 18.0. The highest BCUT2D eigenvalue weighted by Gasteiger charge is 2.34. The second-order valence-corrected chi connectivity index (χ2v) is 13.4. The number of carboxylic acid groups (broad SMARTS) is 3. The zero-order valence-corrected chi connectivity index (χ0v) is 30.6. The van der Waals surface area contributed by atoms with Gasteiger partial charge in [0.05, 0.1) is 12.5 Å². The monoisotopic (exact) mass is 760 g/mol. The number of unbranched alkanes of at least 4 members (excludes halogenated alkanes) is 1. The first-order chi connectivity index (χ1) is 25.4. The number of carboxylic acids is 3. The second kappa shape index (κ2) is 21.8. The number of aliphatic carboxylic acids is 3. The van der Waals surface area contributed by atoms with Gasteiger partial charge in [-0.3, -0.25) is 38.4 Å². The normalized spacial score (nSPS) is 14.5. The van der Waals surface area contributed by atoms with E-state index >= 15 is 0 Å². The first-order valence-electron chi connectivity index (χ1n) is 17.6. The van der Waals surface area contributed by atoms with Crippen LogP contribution in [0.5, 0.6) is 0 Å². The number of aromatic nitrogens is 1. The van der Waals surface area contributed by atoms with E-state index in [0.29, 0.717) is 18.4 Å². The minimum Gasteiger partial charge on any atom is -0.481 e. The molecule has 1 aromatic carbocycles. The quantitative estimate of drug-likeness (QED) is 0.0578. The Hall–Kier alpha value is -5.56.